The van der Waals surface area contributed by atoms with Gasteiger partial charge in [0.2, 0.25) is 5.91 Å². The predicted molar refractivity (Wildman–Crippen MR) is 104 cm³/mol. The van der Waals surface area contributed by atoms with Crippen LogP contribution in [0.4, 0.5) is 5.69 Å². The van der Waals surface area contributed by atoms with Gasteiger partial charge in [-0.15, -0.1) is 12.4 Å². The molecule has 140 valence electrons. The van der Waals surface area contributed by atoms with Crippen LogP contribution in [0.25, 0.3) is 0 Å². The number of hydrogen-bond acceptors (Lipinski definition) is 3. The fraction of sp³-hybridized carbons (Fsp3) is 0.579. The first-order valence-corrected chi connectivity index (χ1v) is 8.80. The van der Waals surface area contributed by atoms with Crippen LogP contribution in [0.15, 0.2) is 18.2 Å². The Morgan fingerprint density at radius 3 is 2.64 bits per heavy atom. The molecule has 6 heteroatoms. The lowest BCUT2D eigenvalue weighted by Crippen LogP contribution is -2.46. The molecule has 1 aliphatic rings. The van der Waals surface area contributed by atoms with Crippen molar-refractivity contribution in [3.05, 3.63) is 29.3 Å². The largest absolute Gasteiger partial charge is 0.349 e. The Labute approximate surface area is 156 Å². The molecule has 0 aromatic heterocycles. The molecule has 5 nitrogen and oxygen atoms in total. The zero-order chi connectivity index (χ0) is 17.7. The average molecular weight is 368 g/mol. The van der Waals surface area contributed by atoms with Crippen LogP contribution >= 0.6 is 12.4 Å². The van der Waals surface area contributed by atoms with Crippen molar-refractivity contribution >= 4 is 29.9 Å². The first kappa shape index (κ1) is 21.5. The number of rotatable bonds is 5. The summed E-state index contributed by atoms with van der Waals surface area (Å²) in [5, 5.41) is 9.41. The van der Waals surface area contributed by atoms with Crippen molar-refractivity contribution in [3.8, 4) is 0 Å². The van der Waals surface area contributed by atoms with E-state index < -0.39 is 0 Å². The molecule has 25 heavy (non-hydrogen) atoms. The van der Waals surface area contributed by atoms with Crippen LogP contribution < -0.4 is 16.0 Å². The summed E-state index contributed by atoms with van der Waals surface area (Å²) >= 11 is 0. The van der Waals surface area contributed by atoms with Crippen molar-refractivity contribution in [3.63, 3.8) is 0 Å². The Bertz CT molecular complexity index is 604. The summed E-state index contributed by atoms with van der Waals surface area (Å²) in [6, 6.07) is 6.08. The lowest BCUT2D eigenvalue weighted by Gasteiger charge is -2.28. The van der Waals surface area contributed by atoms with Crippen LogP contribution in [0.1, 0.15) is 56.0 Å². The summed E-state index contributed by atoms with van der Waals surface area (Å²) < 4.78 is 0. The minimum atomic E-state index is -0.0442. The van der Waals surface area contributed by atoms with Gasteiger partial charge in [0.15, 0.2) is 0 Å². The standard InChI is InChI=1S/C19H29N3O2.ClH/c1-12(2)9-18(23)22-17-6-5-15(10-13(17)3)19(24)21-16-7-8-20-14(4)11-16;/h5-6,10,12,14,16,20H,7-9,11H2,1-4H3,(H,21,24)(H,22,23);1H. The maximum absolute atomic E-state index is 12.4. The van der Waals surface area contributed by atoms with Gasteiger partial charge in [-0.2, -0.15) is 0 Å². The summed E-state index contributed by atoms with van der Waals surface area (Å²) in [4.78, 5) is 24.3. The van der Waals surface area contributed by atoms with E-state index >= 15 is 0 Å². The van der Waals surface area contributed by atoms with Crippen molar-refractivity contribution in [2.24, 2.45) is 5.92 Å². The predicted octanol–water partition coefficient (Wildman–Crippen LogP) is 3.27. The number of piperidine rings is 1. The Hall–Kier alpha value is -1.59. The van der Waals surface area contributed by atoms with Crippen LogP contribution in [0.2, 0.25) is 0 Å². The molecule has 0 spiro atoms. The second-order valence-electron chi connectivity index (χ2n) is 7.23. The molecular formula is C19H30ClN3O2. The van der Waals surface area contributed by atoms with Gasteiger partial charge in [-0.1, -0.05) is 13.8 Å². The van der Waals surface area contributed by atoms with Crippen molar-refractivity contribution in [1.82, 2.24) is 10.6 Å². The quantitative estimate of drug-likeness (QED) is 0.748. The van der Waals surface area contributed by atoms with Crippen molar-refractivity contribution in [2.45, 2.75) is 59.0 Å². The van der Waals surface area contributed by atoms with Gasteiger partial charge in [0.25, 0.3) is 5.91 Å². The highest BCUT2D eigenvalue weighted by molar-refractivity contribution is 5.96. The third kappa shape index (κ3) is 6.67. The maximum atomic E-state index is 12.4. The first-order valence-electron chi connectivity index (χ1n) is 8.80. The van der Waals surface area contributed by atoms with E-state index in [-0.39, 0.29) is 30.3 Å². The number of amides is 2. The molecule has 1 fully saturated rings. The Kier molecular flexibility index (Phi) is 8.39. The van der Waals surface area contributed by atoms with Crippen LogP contribution in [-0.2, 0) is 4.79 Å². The van der Waals surface area contributed by atoms with Crippen LogP contribution in [0.3, 0.4) is 0 Å². The average Bonchev–Trinajstić information content (AvgIpc) is 2.48. The third-order valence-electron chi connectivity index (χ3n) is 4.32. The van der Waals surface area contributed by atoms with Crippen LogP contribution in [0.5, 0.6) is 0 Å². The summed E-state index contributed by atoms with van der Waals surface area (Å²) in [5.41, 5.74) is 2.31. The second kappa shape index (κ2) is 9.78. The van der Waals surface area contributed by atoms with Gasteiger partial charge >= 0.3 is 0 Å². The highest BCUT2D eigenvalue weighted by atomic mass is 35.5. The van der Waals surface area contributed by atoms with E-state index in [2.05, 4.69) is 22.9 Å². The minimum Gasteiger partial charge on any atom is -0.349 e. The number of hydrogen-bond donors (Lipinski definition) is 3. The van der Waals surface area contributed by atoms with E-state index in [1.807, 2.05) is 32.9 Å². The summed E-state index contributed by atoms with van der Waals surface area (Å²) in [6.45, 7) is 9.01. The Morgan fingerprint density at radius 2 is 2.04 bits per heavy atom. The molecule has 1 heterocycles. The molecule has 2 rings (SSSR count). The van der Waals surface area contributed by atoms with E-state index in [9.17, 15) is 9.59 Å². The number of aryl methyl sites for hydroxylation is 1. The number of anilines is 1. The Morgan fingerprint density at radius 1 is 1.32 bits per heavy atom. The van der Waals surface area contributed by atoms with Crippen molar-refractivity contribution < 1.29 is 9.59 Å². The topological polar surface area (TPSA) is 70.2 Å². The first-order chi connectivity index (χ1) is 11.3. The molecule has 1 aromatic rings. The zero-order valence-electron chi connectivity index (χ0n) is 15.5. The lowest BCUT2D eigenvalue weighted by molar-refractivity contribution is -0.116. The molecular weight excluding hydrogens is 338 g/mol. The van der Waals surface area contributed by atoms with Crippen LogP contribution in [0, 0.1) is 12.8 Å². The maximum Gasteiger partial charge on any atom is 0.251 e. The minimum absolute atomic E-state index is 0. The molecule has 2 atom stereocenters. The van der Waals surface area contributed by atoms with Crippen molar-refractivity contribution in [2.75, 3.05) is 11.9 Å². The SMILES string of the molecule is Cc1cc(C(=O)NC2CCNC(C)C2)ccc1NC(=O)CC(C)C.Cl. The summed E-state index contributed by atoms with van der Waals surface area (Å²) in [5.74, 6) is 0.286. The fourth-order valence-corrected chi connectivity index (χ4v) is 3.05. The fourth-order valence-electron chi connectivity index (χ4n) is 3.05. The Balaban J connectivity index is 0.00000312. The van der Waals surface area contributed by atoms with E-state index in [4.69, 9.17) is 0 Å². The molecule has 0 aliphatic carbocycles. The molecule has 2 unspecified atom stereocenters. The number of nitrogens with one attached hydrogen (secondary N) is 3. The molecule has 0 saturated carbocycles. The van der Waals surface area contributed by atoms with E-state index in [0.717, 1.165) is 30.6 Å². The van der Waals surface area contributed by atoms with E-state index in [1.54, 1.807) is 6.07 Å². The van der Waals surface area contributed by atoms with Gasteiger partial charge < -0.3 is 16.0 Å². The number of carbonyl (C=O) groups is 2. The van der Waals surface area contributed by atoms with Gasteiger partial charge in [0.1, 0.15) is 0 Å². The molecule has 0 radical (unpaired) electrons. The summed E-state index contributed by atoms with van der Waals surface area (Å²) in [7, 11) is 0. The highest BCUT2D eigenvalue weighted by Gasteiger charge is 2.20. The lowest BCUT2D eigenvalue weighted by atomic mass is 10.00. The van der Waals surface area contributed by atoms with Gasteiger partial charge in [-0.3, -0.25) is 9.59 Å². The van der Waals surface area contributed by atoms with Crippen molar-refractivity contribution in [1.29, 1.82) is 0 Å². The second-order valence-corrected chi connectivity index (χ2v) is 7.23. The smallest absolute Gasteiger partial charge is 0.251 e. The number of carbonyl (C=O) groups excluding carboxylic acids is 2. The monoisotopic (exact) mass is 367 g/mol. The van der Waals surface area contributed by atoms with Gasteiger partial charge in [0, 0.05) is 29.8 Å². The molecule has 0 bridgehead atoms. The van der Waals surface area contributed by atoms with E-state index in [0.29, 0.717) is 23.9 Å². The highest BCUT2D eigenvalue weighted by Crippen LogP contribution is 2.18. The molecule has 3 N–H and O–H groups in total. The number of benzene rings is 1. The van der Waals surface area contributed by atoms with E-state index in [1.165, 1.54) is 0 Å². The molecule has 2 amide bonds. The van der Waals surface area contributed by atoms with Crippen LogP contribution in [-0.4, -0.2) is 30.4 Å². The van der Waals surface area contributed by atoms with Gasteiger partial charge in [-0.05, 0) is 62.9 Å². The normalized spacial score (nSPS) is 19.9. The zero-order valence-corrected chi connectivity index (χ0v) is 16.3. The third-order valence-corrected chi connectivity index (χ3v) is 4.32. The number of halogens is 1. The van der Waals surface area contributed by atoms with Gasteiger partial charge in [0.05, 0.1) is 0 Å². The van der Waals surface area contributed by atoms with Gasteiger partial charge in [-0.25, -0.2) is 0 Å². The summed E-state index contributed by atoms with van der Waals surface area (Å²) in [6.07, 6.45) is 2.40. The molecule has 1 aliphatic heterocycles. The molecule has 1 saturated heterocycles. The molecule has 1 aromatic carbocycles.